The van der Waals surface area contributed by atoms with Gasteiger partial charge in [-0.05, 0) is 42.5 Å². The summed E-state index contributed by atoms with van der Waals surface area (Å²) in [6.07, 6.45) is 13.3. The summed E-state index contributed by atoms with van der Waals surface area (Å²) in [7, 11) is 0. The summed E-state index contributed by atoms with van der Waals surface area (Å²) in [5.74, 6) is 0.699. The van der Waals surface area contributed by atoms with Gasteiger partial charge in [0.15, 0.2) is 0 Å². The van der Waals surface area contributed by atoms with Crippen molar-refractivity contribution in [3.8, 4) is 0 Å². The van der Waals surface area contributed by atoms with Gasteiger partial charge in [-0.3, -0.25) is 14.4 Å². The molecule has 3 aliphatic heterocycles. The molecule has 1 aromatic rings. The van der Waals surface area contributed by atoms with Crippen molar-refractivity contribution in [1.29, 1.82) is 0 Å². The summed E-state index contributed by atoms with van der Waals surface area (Å²) in [6.45, 7) is 10.1. The Morgan fingerprint density at radius 1 is 0.870 bits per heavy atom. The fourth-order valence-electron chi connectivity index (χ4n) is 6.37. The third-order valence-electron chi connectivity index (χ3n) is 9.15. The van der Waals surface area contributed by atoms with Crippen molar-refractivity contribution in [3.05, 3.63) is 77.5 Å². The SMILES string of the molecule is C=C/C1=C(\C=C/C)/C=C\c2ccccc2CN1C(=O)CCNC(=O)CCOCCOCCOCCOCCNC(=O)CCCC[C@@H]1SC[C@@H]2NC(=O)NC21. The van der Waals surface area contributed by atoms with Crippen LogP contribution in [0.1, 0.15) is 56.6 Å². The highest BCUT2D eigenvalue weighted by Gasteiger charge is 2.42. The number of hydrogen-bond acceptors (Lipinski definition) is 9. The molecule has 13 nitrogen and oxygen atoms in total. The van der Waals surface area contributed by atoms with Gasteiger partial charge in [-0.15, -0.1) is 0 Å². The van der Waals surface area contributed by atoms with E-state index in [-0.39, 0.29) is 61.8 Å². The van der Waals surface area contributed by atoms with Crippen LogP contribution in [-0.2, 0) is 39.9 Å². The Bertz CT molecular complexity index is 1480. The molecular weight excluding hydrogens is 711 g/mol. The molecule has 0 saturated carbocycles. The molecule has 2 saturated heterocycles. The summed E-state index contributed by atoms with van der Waals surface area (Å²) >= 11 is 1.89. The number of hydrogen-bond donors (Lipinski definition) is 4. The topological polar surface area (TPSA) is 157 Å². The van der Waals surface area contributed by atoms with Crippen LogP contribution in [0.4, 0.5) is 4.79 Å². The average Bonchev–Trinajstić information content (AvgIpc) is 3.72. The lowest BCUT2D eigenvalue weighted by Gasteiger charge is -2.27. The minimum Gasteiger partial charge on any atom is -0.379 e. The number of thioether (sulfide) groups is 1. The van der Waals surface area contributed by atoms with E-state index in [0.717, 1.165) is 47.4 Å². The fourth-order valence-corrected chi connectivity index (χ4v) is 7.92. The van der Waals surface area contributed by atoms with E-state index in [1.54, 1.807) is 11.0 Å². The molecule has 4 rings (SSSR count). The maximum atomic E-state index is 13.3. The highest BCUT2D eigenvalue weighted by molar-refractivity contribution is 8.00. The first-order chi connectivity index (χ1) is 26.4. The quantitative estimate of drug-likeness (QED) is 0.0858. The molecule has 0 aliphatic carbocycles. The third-order valence-corrected chi connectivity index (χ3v) is 10.7. The number of urea groups is 1. The number of nitrogens with one attached hydrogen (secondary N) is 4. The van der Waals surface area contributed by atoms with E-state index in [9.17, 15) is 19.2 Å². The van der Waals surface area contributed by atoms with E-state index in [4.69, 9.17) is 18.9 Å². The summed E-state index contributed by atoms with van der Waals surface area (Å²) in [5, 5.41) is 12.1. The summed E-state index contributed by atoms with van der Waals surface area (Å²) < 4.78 is 22.1. The van der Waals surface area contributed by atoms with Crippen LogP contribution >= 0.6 is 11.8 Å². The first kappa shape index (κ1) is 42.8. The lowest BCUT2D eigenvalue weighted by molar-refractivity contribution is -0.129. The second-order valence-electron chi connectivity index (χ2n) is 13.1. The molecule has 1 unspecified atom stereocenters. The fraction of sp³-hybridized carbons (Fsp3) is 0.550. The zero-order chi connectivity index (χ0) is 38.4. The predicted octanol–water partition coefficient (Wildman–Crippen LogP) is 3.86. The normalized spacial score (nSPS) is 21.1. The smallest absolute Gasteiger partial charge is 0.315 e. The number of nitrogens with zero attached hydrogens (tertiary/aromatic N) is 1. The Morgan fingerprint density at radius 3 is 2.30 bits per heavy atom. The molecule has 0 radical (unpaired) electrons. The van der Waals surface area contributed by atoms with Gasteiger partial charge in [0.2, 0.25) is 17.7 Å². The minimum atomic E-state index is -0.181. The maximum absolute atomic E-state index is 13.3. The number of amides is 5. The molecule has 14 heteroatoms. The van der Waals surface area contributed by atoms with Crippen LogP contribution in [0.15, 0.2) is 66.4 Å². The number of fused-ring (bicyclic) bond motifs is 2. The first-order valence-electron chi connectivity index (χ1n) is 19.0. The number of rotatable bonds is 25. The third kappa shape index (κ3) is 14.7. The summed E-state index contributed by atoms with van der Waals surface area (Å²) in [6, 6.07) is 8.36. The Hall–Kier alpha value is -3.95. The van der Waals surface area contributed by atoms with Crippen LogP contribution in [0.3, 0.4) is 0 Å². The number of benzene rings is 1. The standard InChI is InChI=1S/C40H57N5O8S/c1-3-9-31-15-14-30-10-5-6-11-32(30)28-45(34(31)4-2)38(48)16-18-41-37(47)17-20-50-22-24-52-26-27-53-25-23-51-21-19-42-36(46)13-8-7-12-35-39-33(29-54-35)43-40(49)44-39/h3-6,9-11,14-15,33,35,39H,2,7-8,12-13,16-29H2,1H3,(H,41,47)(H,42,46)(H2,43,44,49)/b9-3-,15-14-,34-31-/t33-,35-,39?/m0/s1. The molecule has 3 aliphatic rings. The molecular formula is C40H57N5O8S. The molecule has 0 bridgehead atoms. The second kappa shape index (κ2) is 24.5. The molecule has 1 aromatic carbocycles. The predicted molar refractivity (Wildman–Crippen MR) is 211 cm³/mol. The lowest BCUT2D eigenvalue weighted by atomic mass is 10.0. The Balaban J connectivity index is 0.922. The van der Waals surface area contributed by atoms with E-state index in [1.807, 2.05) is 61.2 Å². The van der Waals surface area contributed by atoms with Crippen LogP contribution in [-0.4, -0.2) is 118 Å². The number of ether oxygens (including phenoxy) is 4. The van der Waals surface area contributed by atoms with Gasteiger partial charge in [-0.25, -0.2) is 4.79 Å². The van der Waals surface area contributed by atoms with Gasteiger partial charge in [0.25, 0.3) is 0 Å². The van der Waals surface area contributed by atoms with Crippen molar-refractivity contribution in [1.82, 2.24) is 26.2 Å². The zero-order valence-corrected chi connectivity index (χ0v) is 32.3. The van der Waals surface area contributed by atoms with E-state index < -0.39 is 0 Å². The highest BCUT2D eigenvalue weighted by Crippen LogP contribution is 2.33. The van der Waals surface area contributed by atoms with Crippen molar-refractivity contribution >= 4 is 41.6 Å². The van der Waals surface area contributed by atoms with Gasteiger partial charge < -0.3 is 45.1 Å². The zero-order valence-electron chi connectivity index (χ0n) is 31.5. The van der Waals surface area contributed by atoms with Gasteiger partial charge in [0.05, 0.1) is 77.2 Å². The van der Waals surface area contributed by atoms with Crippen LogP contribution in [0.5, 0.6) is 0 Å². The molecule has 2 fully saturated rings. The molecule has 0 spiro atoms. The number of unbranched alkanes of at least 4 members (excludes halogenated alkanes) is 1. The first-order valence-corrected chi connectivity index (χ1v) is 20.0. The monoisotopic (exact) mass is 767 g/mol. The van der Waals surface area contributed by atoms with E-state index in [1.165, 1.54) is 0 Å². The lowest BCUT2D eigenvalue weighted by Crippen LogP contribution is -2.36. The maximum Gasteiger partial charge on any atom is 0.315 e. The number of carbonyl (C=O) groups excluding carboxylic acids is 4. The minimum absolute atomic E-state index is 0.0271. The van der Waals surface area contributed by atoms with Crippen molar-refractivity contribution < 1.29 is 38.1 Å². The second-order valence-corrected chi connectivity index (χ2v) is 14.3. The molecule has 3 atom stereocenters. The molecule has 3 heterocycles. The van der Waals surface area contributed by atoms with Crippen LogP contribution in [0.25, 0.3) is 6.08 Å². The Morgan fingerprint density at radius 2 is 1.56 bits per heavy atom. The Kier molecular flexibility index (Phi) is 19.4. The van der Waals surface area contributed by atoms with E-state index in [2.05, 4.69) is 33.9 Å². The van der Waals surface area contributed by atoms with Gasteiger partial charge in [-0.1, -0.05) is 61.6 Å². The van der Waals surface area contributed by atoms with Crippen molar-refractivity contribution in [2.45, 2.75) is 69.3 Å². The van der Waals surface area contributed by atoms with Crippen LogP contribution < -0.4 is 21.3 Å². The largest absolute Gasteiger partial charge is 0.379 e. The highest BCUT2D eigenvalue weighted by atomic mass is 32.2. The Labute approximate surface area is 323 Å². The summed E-state index contributed by atoms with van der Waals surface area (Å²) in [4.78, 5) is 51.0. The average molecular weight is 768 g/mol. The molecule has 0 aromatic heterocycles. The number of carbonyl (C=O) groups is 4. The van der Waals surface area contributed by atoms with Crippen molar-refractivity contribution in [2.75, 3.05) is 71.7 Å². The molecule has 5 amide bonds. The van der Waals surface area contributed by atoms with Crippen LogP contribution in [0.2, 0.25) is 0 Å². The number of allylic oxidation sites excluding steroid dienone is 5. The van der Waals surface area contributed by atoms with Gasteiger partial charge >= 0.3 is 6.03 Å². The molecule has 54 heavy (non-hydrogen) atoms. The molecule has 4 N–H and O–H groups in total. The van der Waals surface area contributed by atoms with Crippen molar-refractivity contribution in [3.63, 3.8) is 0 Å². The summed E-state index contributed by atoms with van der Waals surface area (Å²) in [5.41, 5.74) is 3.72. The van der Waals surface area contributed by atoms with Gasteiger partial charge in [-0.2, -0.15) is 11.8 Å². The van der Waals surface area contributed by atoms with E-state index in [0.29, 0.717) is 71.0 Å². The van der Waals surface area contributed by atoms with Gasteiger partial charge in [0, 0.05) is 43.4 Å². The van der Waals surface area contributed by atoms with Crippen LogP contribution in [0, 0.1) is 0 Å². The van der Waals surface area contributed by atoms with E-state index >= 15 is 0 Å². The van der Waals surface area contributed by atoms with Gasteiger partial charge in [0.1, 0.15) is 0 Å². The van der Waals surface area contributed by atoms with Crippen molar-refractivity contribution in [2.24, 2.45) is 0 Å². The molecule has 296 valence electrons.